The molecule has 19 heavy (non-hydrogen) atoms. The maximum atomic E-state index is 12.3. The molecule has 0 saturated carbocycles. The van der Waals surface area contributed by atoms with E-state index < -0.39 is 0 Å². The van der Waals surface area contributed by atoms with Gasteiger partial charge in [0.25, 0.3) is 0 Å². The largest absolute Gasteiger partial charge is 0.496 e. The zero-order valence-corrected chi connectivity index (χ0v) is 12.2. The van der Waals surface area contributed by atoms with Gasteiger partial charge in [-0.05, 0) is 32.0 Å². The van der Waals surface area contributed by atoms with Crippen molar-refractivity contribution in [1.29, 1.82) is 0 Å². The number of rotatable bonds is 9. The molecule has 0 bridgehead atoms. The van der Waals surface area contributed by atoms with Gasteiger partial charge in [-0.25, -0.2) is 0 Å². The smallest absolute Gasteiger partial charge is 0.183 e. The third-order valence-electron chi connectivity index (χ3n) is 3.25. The predicted octanol–water partition coefficient (Wildman–Crippen LogP) is 3.44. The Morgan fingerprint density at radius 3 is 2.68 bits per heavy atom. The van der Waals surface area contributed by atoms with Crippen LogP contribution in [0.5, 0.6) is 5.75 Å². The molecule has 3 nitrogen and oxygen atoms in total. The molecule has 1 aromatic rings. The number of para-hydroxylation sites is 1. The highest BCUT2D eigenvalue weighted by molar-refractivity contribution is 6.02. The van der Waals surface area contributed by atoms with Gasteiger partial charge < -0.3 is 10.1 Å². The van der Waals surface area contributed by atoms with Crippen LogP contribution < -0.4 is 10.1 Å². The van der Waals surface area contributed by atoms with Crippen LogP contribution in [0, 0.1) is 0 Å². The second kappa shape index (κ2) is 8.70. The Bertz CT molecular complexity index is 390. The minimum absolute atomic E-state index is 0.0907. The fourth-order valence-electron chi connectivity index (χ4n) is 2.04. The van der Waals surface area contributed by atoms with Gasteiger partial charge >= 0.3 is 0 Å². The molecule has 0 amide bonds. The first-order valence-electron chi connectivity index (χ1n) is 7.11. The number of hydrogen-bond acceptors (Lipinski definition) is 3. The van der Waals surface area contributed by atoms with E-state index in [0.717, 1.165) is 13.0 Å². The Labute approximate surface area is 116 Å². The SMILES string of the molecule is CCCCCCNC(C)C(=O)c1ccccc1OC. The van der Waals surface area contributed by atoms with Gasteiger partial charge in [-0.15, -0.1) is 0 Å². The van der Waals surface area contributed by atoms with Crippen LogP contribution in [-0.2, 0) is 0 Å². The van der Waals surface area contributed by atoms with Crippen molar-refractivity contribution in [2.24, 2.45) is 0 Å². The van der Waals surface area contributed by atoms with E-state index in [1.54, 1.807) is 7.11 Å². The monoisotopic (exact) mass is 263 g/mol. The highest BCUT2D eigenvalue weighted by Crippen LogP contribution is 2.18. The van der Waals surface area contributed by atoms with Crippen molar-refractivity contribution < 1.29 is 9.53 Å². The molecule has 0 aliphatic rings. The van der Waals surface area contributed by atoms with Gasteiger partial charge in [0.05, 0.1) is 18.7 Å². The summed E-state index contributed by atoms with van der Waals surface area (Å²) in [5.74, 6) is 0.736. The molecule has 1 aromatic carbocycles. The first-order chi connectivity index (χ1) is 9.20. The fraction of sp³-hybridized carbons (Fsp3) is 0.562. The van der Waals surface area contributed by atoms with Gasteiger partial charge in [0, 0.05) is 0 Å². The number of nitrogens with one attached hydrogen (secondary N) is 1. The number of methoxy groups -OCH3 is 1. The lowest BCUT2D eigenvalue weighted by Gasteiger charge is -2.14. The number of carbonyl (C=O) groups excluding carboxylic acids is 1. The van der Waals surface area contributed by atoms with Gasteiger partial charge in [0.15, 0.2) is 5.78 Å². The summed E-state index contributed by atoms with van der Waals surface area (Å²) >= 11 is 0. The van der Waals surface area contributed by atoms with E-state index in [2.05, 4.69) is 12.2 Å². The van der Waals surface area contributed by atoms with E-state index in [4.69, 9.17) is 4.74 Å². The Morgan fingerprint density at radius 1 is 1.26 bits per heavy atom. The number of benzene rings is 1. The summed E-state index contributed by atoms with van der Waals surface area (Å²) in [5.41, 5.74) is 0.651. The summed E-state index contributed by atoms with van der Waals surface area (Å²) in [7, 11) is 1.59. The van der Waals surface area contributed by atoms with Crippen molar-refractivity contribution in [3.05, 3.63) is 29.8 Å². The van der Waals surface area contributed by atoms with Crippen LogP contribution in [0.4, 0.5) is 0 Å². The van der Waals surface area contributed by atoms with Gasteiger partial charge in [-0.2, -0.15) is 0 Å². The Balaban J connectivity index is 2.47. The van der Waals surface area contributed by atoms with E-state index in [1.807, 2.05) is 31.2 Å². The van der Waals surface area contributed by atoms with Gasteiger partial charge in [0.2, 0.25) is 0 Å². The maximum absolute atomic E-state index is 12.3. The zero-order chi connectivity index (χ0) is 14.1. The van der Waals surface area contributed by atoms with E-state index in [0.29, 0.717) is 11.3 Å². The molecule has 1 rings (SSSR count). The molecule has 1 N–H and O–H groups in total. The highest BCUT2D eigenvalue weighted by Gasteiger charge is 2.17. The zero-order valence-electron chi connectivity index (χ0n) is 12.2. The van der Waals surface area contributed by atoms with Crippen molar-refractivity contribution in [2.75, 3.05) is 13.7 Å². The average molecular weight is 263 g/mol. The predicted molar refractivity (Wildman–Crippen MR) is 78.9 cm³/mol. The number of carbonyl (C=O) groups is 1. The number of ketones is 1. The van der Waals surface area contributed by atoms with E-state index in [-0.39, 0.29) is 11.8 Å². The van der Waals surface area contributed by atoms with Crippen molar-refractivity contribution in [3.8, 4) is 5.75 Å². The lowest BCUT2D eigenvalue weighted by molar-refractivity contribution is 0.0948. The van der Waals surface area contributed by atoms with Crippen LogP contribution in [0.15, 0.2) is 24.3 Å². The van der Waals surface area contributed by atoms with Crippen LogP contribution in [-0.4, -0.2) is 25.5 Å². The fourth-order valence-corrected chi connectivity index (χ4v) is 2.04. The first kappa shape index (κ1) is 15.7. The van der Waals surface area contributed by atoms with Crippen molar-refractivity contribution in [3.63, 3.8) is 0 Å². The molecule has 0 aliphatic carbocycles. The summed E-state index contributed by atoms with van der Waals surface area (Å²) in [6, 6.07) is 7.21. The molecular formula is C16H25NO2. The Kier molecular flexibility index (Phi) is 7.19. The van der Waals surface area contributed by atoms with Gasteiger partial charge in [-0.3, -0.25) is 4.79 Å². The van der Waals surface area contributed by atoms with Crippen LogP contribution in [0.1, 0.15) is 49.9 Å². The molecule has 0 aliphatic heterocycles. The minimum atomic E-state index is -0.169. The molecule has 0 saturated heterocycles. The molecule has 0 radical (unpaired) electrons. The molecule has 0 aromatic heterocycles. The van der Waals surface area contributed by atoms with Crippen molar-refractivity contribution in [2.45, 2.75) is 45.6 Å². The summed E-state index contributed by atoms with van der Waals surface area (Å²) in [6.07, 6.45) is 4.84. The number of hydrogen-bond donors (Lipinski definition) is 1. The minimum Gasteiger partial charge on any atom is -0.496 e. The number of unbranched alkanes of at least 4 members (excludes halogenated alkanes) is 3. The Morgan fingerprint density at radius 2 is 2.00 bits per heavy atom. The maximum Gasteiger partial charge on any atom is 0.183 e. The lowest BCUT2D eigenvalue weighted by Crippen LogP contribution is -2.34. The first-order valence-corrected chi connectivity index (χ1v) is 7.11. The molecule has 1 unspecified atom stereocenters. The highest BCUT2D eigenvalue weighted by atomic mass is 16.5. The van der Waals surface area contributed by atoms with Crippen LogP contribution in [0.3, 0.4) is 0 Å². The van der Waals surface area contributed by atoms with Crippen LogP contribution >= 0.6 is 0 Å². The number of ether oxygens (including phenoxy) is 1. The number of Topliss-reactive ketones (excluding diaryl/α,β-unsaturated/α-hetero) is 1. The van der Waals surface area contributed by atoms with E-state index in [9.17, 15) is 4.79 Å². The summed E-state index contributed by atoms with van der Waals surface area (Å²) < 4.78 is 5.23. The molecule has 3 heteroatoms. The van der Waals surface area contributed by atoms with Gasteiger partial charge in [-0.1, -0.05) is 38.3 Å². The second-order valence-corrected chi connectivity index (χ2v) is 4.80. The molecule has 0 heterocycles. The second-order valence-electron chi connectivity index (χ2n) is 4.80. The van der Waals surface area contributed by atoms with E-state index >= 15 is 0 Å². The molecular weight excluding hydrogens is 238 g/mol. The summed E-state index contributed by atoms with van der Waals surface area (Å²) in [4.78, 5) is 12.3. The molecule has 106 valence electrons. The summed E-state index contributed by atoms with van der Waals surface area (Å²) in [6.45, 7) is 5.00. The topological polar surface area (TPSA) is 38.3 Å². The average Bonchev–Trinajstić information content (AvgIpc) is 2.46. The quantitative estimate of drug-likeness (QED) is 0.548. The van der Waals surface area contributed by atoms with Crippen LogP contribution in [0.25, 0.3) is 0 Å². The molecule has 0 spiro atoms. The third kappa shape index (κ3) is 5.03. The normalized spacial score (nSPS) is 12.2. The van der Waals surface area contributed by atoms with Gasteiger partial charge in [0.1, 0.15) is 5.75 Å². The Hall–Kier alpha value is -1.35. The van der Waals surface area contributed by atoms with Crippen LogP contribution in [0.2, 0.25) is 0 Å². The summed E-state index contributed by atoms with van der Waals surface area (Å²) in [5, 5.41) is 3.29. The standard InChI is InChI=1S/C16H25NO2/c1-4-5-6-9-12-17-13(2)16(18)14-10-7-8-11-15(14)19-3/h7-8,10-11,13,17H,4-6,9,12H2,1-3H3. The van der Waals surface area contributed by atoms with Crippen molar-refractivity contribution in [1.82, 2.24) is 5.32 Å². The third-order valence-corrected chi connectivity index (χ3v) is 3.25. The lowest BCUT2D eigenvalue weighted by atomic mass is 10.0. The van der Waals surface area contributed by atoms with E-state index in [1.165, 1.54) is 19.3 Å². The molecule has 0 fully saturated rings. The molecule has 1 atom stereocenters. The van der Waals surface area contributed by atoms with Crippen molar-refractivity contribution >= 4 is 5.78 Å².